The highest BCUT2D eigenvalue weighted by molar-refractivity contribution is 7.86. The molecule has 0 aliphatic heterocycles. The minimum absolute atomic E-state index is 0.144. The minimum Gasteiger partial charge on any atom is -0.507 e. The molecular weight excluding hydrogens is 270 g/mol. The van der Waals surface area contributed by atoms with Gasteiger partial charge in [0.1, 0.15) is 10.6 Å². The number of benzene rings is 2. The lowest BCUT2D eigenvalue weighted by atomic mass is 10.1. The predicted molar refractivity (Wildman–Crippen MR) is 69.7 cm³/mol. The summed E-state index contributed by atoms with van der Waals surface area (Å²) in [6, 6.07) is 6.61. The smallest absolute Gasteiger partial charge is 0.295 e. The van der Waals surface area contributed by atoms with Gasteiger partial charge in [-0.3, -0.25) is 9.35 Å². The number of phenolic OH excluding ortho intramolecular Hbond substituents is 1. The van der Waals surface area contributed by atoms with E-state index in [0.717, 1.165) is 6.07 Å². The van der Waals surface area contributed by atoms with Crippen LogP contribution in [0.2, 0.25) is 0 Å². The summed E-state index contributed by atoms with van der Waals surface area (Å²) in [5, 5.41) is 12.7. The van der Waals surface area contributed by atoms with E-state index in [2.05, 4.69) is 5.32 Å². The lowest BCUT2D eigenvalue weighted by molar-refractivity contribution is -0.114. The standard InChI is InChI=1S/C12H11NO5S/c1-7(14)13-8-2-3-9-10(6-8)11(15)4-5-12(9)19(16,17)18/h2-6,15H,1H3,(H,13,14)(H,16,17,18). The molecule has 2 aromatic carbocycles. The number of aromatic hydroxyl groups is 1. The van der Waals surface area contributed by atoms with Crippen LogP contribution in [0.1, 0.15) is 6.92 Å². The molecule has 0 aliphatic rings. The molecule has 6 nitrogen and oxygen atoms in total. The molecule has 19 heavy (non-hydrogen) atoms. The van der Waals surface area contributed by atoms with Crippen LogP contribution in [-0.2, 0) is 14.9 Å². The Morgan fingerprint density at radius 2 is 1.84 bits per heavy atom. The SMILES string of the molecule is CC(=O)Nc1ccc2c(S(=O)(=O)O)ccc(O)c2c1. The Kier molecular flexibility index (Phi) is 3.17. The van der Waals surface area contributed by atoms with Crippen LogP contribution >= 0.6 is 0 Å². The molecule has 2 rings (SSSR count). The lowest BCUT2D eigenvalue weighted by Gasteiger charge is -2.08. The highest BCUT2D eigenvalue weighted by atomic mass is 32.2. The Morgan fingerprint density at radius 3 is 2.42 bits per heavy atom. The van der Waals surface area contributed by atoms with Gasteiger partial charge >= 0.3 is 0 Å². The third kappa shape index (κ3) is 2.67. The molecule has 0 spiro atoms. The van der Waals surface area contributed by atoms with Crippen molar-refractivity contribution in [1.82, 2.24) is 0 Å². The van der Waals surface area contributed by atoms with Gasteiger partial charge in [-0.2, -0.15) is 8.42 Å². The van der Waals surface area contributed by atoms with E-state index in [-0.39, 0.29) is 27.3 Å². The first-order valence-corrected chi connectivity index (χ1v) is 6.74. The van der Waals surface area contributed by atoms with Crippen LogP contribution in [0.25, 0.3) is 10.8 Å². The predicted octanol–water partition coefficient (Wildman–Crippen LogP) is 1.75. The highest BCUT2D eigenvalue weighted by Gasteiger charge is 2.16. The van der Waals surface area contributed by atoms with Crippen LogP contribution < -0.4 is 5.32 Å². The maximum atomic E-state index is 11.2. The molecule has 0 fully saturated rings. The second-order valence-corrected chi connectivity index (χ2v) is 5.39. The fourth-order valence-corrected chi connectivity index (χ4v) is 2.51. The zero-order valence-electron chi connectivity index (χ0n) is 9.91. The zero-order chi connectivity index (χ0) is 14.2. The number of hydrogen-bond donors (Lipinski definition) is 3. The summed E-state index contributed by atoms with van der Waals surface area (Å²) in [6.45, 7) is 1.33. The maximum absolute atomic E-state index is 11.2. The van der Waals surface area contributed by atoms with E-state index in [4.69, 9.17) is 4.55 Å². The van der Waals surface area contributed by atoms with Crippen LogP contribution in [0.3, 0.4) is 0 Å². The molecule has 100 valence electrons. The number of phenols is 1. The molecule has 0 heterocycles. The minimum atomic E-state index is -4.38. The third-order valence-corrected chi connectivity index (χ3v) is 3.46. The van der Waals surface area contributed by atoms with Gasteiger partial charge in [0.15, 0.2) is 0 Å². The molecule has 1 amide bonds. The fourth-order valence-electron chi connectivity index (χ4n) is 1.81. The zero-order valence-corrected chi connectivity index (χ0v) is 10.7. The molecule has 3 N–H and O–H groups in total. The molecule has 0 bridgehead atoms. The number of fused-ring (bicyclic) bond motifs is 1. The van der Waals surface area contributed by atoms with Crippen molar-refractivity contribution >= 4 is 32.5 Å². The molecule has 0 aliphatic carbocycles. The highest BCUT2D eigenvalue weighted by Crippen LogP contribution is 2.32. The van der Waals surface area contributed by atoms with E-state index in [1.54, 1.807) is 0 Å². The number of carbonyl (C=O) groups is 1. The second kappa shape index (κ2) is 4.52. The van der Waals surface area contributed by atoms with Crippen LogP contribution in [0.15, 0.2) is 35.2 Å². The van der Waals surface area contributed by atoms with Gasteiger partial charge in [-0.1, -0.05) is 6.07 Å². The average Bonchev–Trinajstić information content (AvgIpc) is 2.27. The summed E-state index contributed by atoms with van der Waals surface area (Å²) in [5.41, 5.74) is 0.419. The van der Waals surface area contributed by atoms with Crippen molar-refractivity contribution in [2.45, 2.75) is 11.8 Å². The first-order chi connectivity index (χ1) is 8.79. The second-order valence-electron chi connectivity index (χ2n) is 4.00. The molecule has 0 saturated heterocycles. The summed E-state index contributed by atoms with van der Waals surface area (Å²) in [6.07, 6.45) is 0. The molecule has 0 saturated carbocycles. The van der Waals surface area contributed by atoms with Crippen molar-refractivity contribution in [2.24, 2.45) is 0 Å². The van der Waals surface area contributed by atoms with Crippen LogP contribution in [0.5, 0.6) is 5.75 Å². The van der Waals surface area contributed by atoms with Crippen molar-refractivity contribution in [3.8, 4) is 5.75 Å². The summed E-state index contributed by atoms with van der Waals surface area (Å²) in [7, 11) is -4.38. The van der Waals surface area contributed by atoms with Gasteiger partial charge < -0.3 is 10.4 Å². The van der Waals surface area contributed by atoms with Gasteiger partial charge in [0.2, 0.25) is 5.91 Å². The molecule has 0 unspecified atom stereocenters. The third-order valence-electron chi connectivity index (χ3n) is 2.55. The Balaban J connectivity index is 2.73. The van der Waals surface area contributed by atoms with E-state index in [9.17, 15) is 18.3 Å². The largest absolute Gasteiger partial charge is 0.507 e. The van der Waals surface area contributed by atoms with Crippen molar-refractivity contribution in [1.29, 1.82) is 0 Å². The molecular formula is C12H11NO5S. The summed E-state index contributed by atoms with van der Waals surface area (Å²) >= 11 is 0. The number of carbonyl (C=O) groups excluding carboxylic acids is 1. The summed E-state index contributed by atoms with van der Waals surface area (Å²) in [5.74, 6) is -0.431. The van der Waals surface area contributed by atoms with Gasteiger partial charge in [-0.15, -0.1) is 0 Å². The van der Waals surface area contributed by atoms with E-state index in [1.807, 2.05) is 0 Å². The first-order valence-electron chi connectivity index (χ1n) is 5.30. The normalized spacial score (nSPS) is 11.5. The van der Waals surface area contributed by atoms with E-state index in [1.165, 1.54) is 31.2 Å². The number of anilines is 1. The number of rotatable bonds is 2. The number of nitrogens with one attached hydrogen (secondary N) is 1. The van der Waals surface area contributed by atoms with Crippen LogP contribution in [-0.4, -0.2) is 24.0 Å². The van der Waals surface area contributed by atoms with E-state index < -0.39 is 10.1 Å². The van der Waals surface area contributed by atoms with Crippen LogP contribution in [0.4, 0.5) is 5.69 Å². The van der Waals surface area contributed by atoms with Crippen molar-refractivity contribution in [3.63, 3.8) is 0 Å². The Bertz CT molecular complexity index is 767. The number of hydrogen-bond acceptors (Lipinski definition) is 4. The summed E-state index contributed by atoms with van der Waals surface area (Å²) in [4.78, 5) is 10.7. The quantitative estimate of drug-likeness (QED) is 0.727. The fraction of sp³-hybridized carbons (Fsp3) is 0.0833. The topological polar surface area (TPSA) is 104 Å². The van der Waals surface area contributed by atoms with Crippen molar-refractivity contribution in [2.75, 3.05) is 5.32 Å². The molecule has 0 radical (unpaired) electrons. The van der Waals surface area contributed by atoms with Gasteiger partial charge in [0.05, 0.1) is 0 Å². The van der Waals surface area contributed by atoms with Crippen LogP contribution in [0, 0.1) is 0 Å². The average molecular weight is 281 g/mol. The Labute approximate surface area is 109 Å². The van der Waals surface area contributed by atoms with E-state index >= 15 is 0 Å². The van der Waals surface area contributed by atoms with Crippen molar-refractivity contribution in [3.05, 3.63) is 30.3 Å². The number of amides is 1. The lowest BCUT2D eigenvalue weighted by Crippen LogP contribution is -2.05. The molecule has 0 aromatic heterocycles. The molecule has 0 atom stereocenters. The van der Waals surface area contributed by atoms with Gasteiger partial charge in [-0.05, 0) is 24.3 Å². The van der Waals surface area contributed by atoms with Gasteiger partial charge in [-0.25, -0.2) is 0 Å². The van der Waals surface area contributed by atoms with Gasteiger partial charge in [0, 0.05) is 23.4 Å². The Hall–Kier alpha value is -2.12. The maximum Gasteiger partial charge on any atom is 0.295 e. The van der Waals surface area contributed by atoms with Gasteiger partial charge in [0.25, 0.3) is 10.1 Å². The molecule has 2 aromatic rings. The Morgan fingerprint density at radius 1 is 1.16 bits per heavy atom. The molecule has 7 heteroatoms. The summed E-state index contributed by atoms with van der Waals surface area (Å²) < 4.78 is 31.6. The van der Waals surface area contributed by atoms with E-state index in [0.29, 0.717) is 5.69 Å². The van der Waals surface area contributed by atoms with Crippen molar-refractivity contribution < 1.29 is 22.9 Å². The first kappa shape index (κ1) is 13.3. The monoisotopic (exact) mass is 281 g/mol.